The third-order valence-corrected chi connectivity index (χ3v) is 6.32. The molecule has 0 unspecified atom stereocenters. The molecule has 0 spiro atoms. The fraction of sp³-hybridized carbons (Fsp3) is 0.321. The summed E-state index contributed by atoms with van der Waals surface area (Å²) in [4.78, 5) is 14.0. The van der Waals surface area contributed by atoms with Crippen molar-refractivity contribution in [3.63, 3.8) is 0 Å². The summed E-state index contributed by atoms with van der Waals surface area (Å²) in [5.41, 5.74) is 5.47. The number of rotatable bonds is 9. The van der Waals surface area contributed by atoms with E-state index in [1.165, 1.54) is 12.0 Å². The van der Waals surface area contributed by atoms with Gasteiger partial charge in [0.1, 0.15) is 0 Å². The van der Waals surface area contributed by atoms with Crippen molar-refractivity contribution >= 4 is 11.7 Å². The molecule has 1 fully saturated rings. The number of carboxylic acids is 1. The van der Waals surface area contributed by atoms with Gasteiger partial charge in [-0.05, 0) is 66.6 Å². The van der Waals surface area contributed by atoms with Gasteiger partial charge in [0.05, 0.1) is 17.4 Å². The number of piperidine rings is 1. The summed E-state index contributed by atoms with van der Waals surface area (Å²) in [6.45, 7) is 3.14. The van der Waals surface area contributed by atoms with Gasteiger partial charge in [-0.2, -0.15) is 0 Å². The second kappa shape index (κ2) is 11.1. The standard InChI is InChI=1S/C28H32N2O3/c31-27(23-7-3-1-4-8-23)20-29-16-15-21-9-11-22(12-10-21)24-13-14-25(28(32)33)26(19-24)30-17-5-2-6-18-30/h1,3-4,7-14,19,27,29,31H,2,5-6,15-18,20H2,(H,32,33)/t27-/m1/s1. The van der Waals surface area contributed by atoms with Gasteiger partial charge in [-0.15, -0.1) is 0 Å². The number of anilines is 1. The van der Waals surface area contributed by atoms with Crippen LogP contribution >= 0.6 is 0 Å². The highest BCUT2D eigenvalue weighted by atomic mass is 16.4. The Morgan fingerprint density at radius 1 is 0.909 bits per heavy atom. The van der Waals surface area contributed by atoms with E-state index in [0.29, 0.717) is 12.1 Å². The molecule has 1 saturated heterocycles. The van der Waals surface area contributed by atoms with Gasteiger partial charge in [0.25, 0.3) is 0 Å². The van der Waals surface area contributed by atoms with E-state index in [-0.39, 0.29) is 0 Å². The monoisotopic (exact) mass is 444 g/mol. The summed E-state index contributed by atoms with van der Waals surface area (Å²) in [5.74, 6) is -0.873. The van der Waals surface area contributed by atoms with Crippen molar-refractivity contribution in [1.82, 2.24) is 5.32 Å². The third kappa shape index (κ3) is 6.01. The normalized spacial score (nSPS) is 14.8. The highest BCUT2D eigenvalue weighted by Crippen LogP contribution is 2.30. The van der Waals surface area contributed by atoms with E-state index in [1.54, 1.807) is 6.07 Å². The van der Waals surface area contributed by atoms with Crippen molar-refractivity contribution in [3.8, 4) is 11.1 Å². The van der Waals surface area contributed by atoms with Gasteiger partial charge in [0.2, 0.25) is 0 Å². The maximum Gasteiger partial charge on any atom is 0.337 e. The average Bonchev–Trinajstić information content (AvgIpc) is 2.87. The first-order valence-electron chi connectivity index (χ1n) is 11.8. The minimum Gasteiger partial charge on any atom is -0.478 e. The van der Waals surface area contributed by atoms with Crippen LogP contribution in [-0.4, -0.2) is 42.4 Å². The summed E-state index contributed by atoms with van der Waals surface area (Å²) in [7, 11) is 0. The van der Waals surface area contributed by atoms with Crippen molar-refractivity contribution in [1.29, 1.82) is 0 Å². The van der Waals surface area contributed by atoms with Gasteiger partial charge >= 0.3 is 5.97 Å². The Balaban J connectivity index is 1.37. The molecule has 5 heteroatoms. The number of aliphatic hydroxyl groups is 1. The number of hydrogen-bond acceptors (Lipinski definition) is 4. The zero-order valence-corrected chi connectivity index (χ0v) is 18.9. The van der Waals surface area contributed by atoms with Gasteiger partial charge in [-0.3, -0.25) is 0 Å². The number of carboxylic acid groups (broad SMARTS) is 1. The van der Waals surface area contributed by atoms with E-state index in [0.717, 1.165) is 61.3 Å². The lowest BCUT2D eigenvalue weighted by Gasteiger charge is -2.30. The summed E-state index contributed by atoms with van der Waals surface area (Å²) in [6, 6.07) is 23.8. The molecule has 3 aromatic carbocycles. The van der Waals surface area contributed by atoms with Gasteiger partial charge < -0.3 is 20.4 Å². The molecule has 0 bridgehead atoms. The zero-order chi connectivity index (χ0) is 23.0. The quantitative estimate of drug-likeness (QED) is 0.409. The lowest BCUT2D eigenvalue weighted by Crippen LogP contribution is -2.30. The van der Waals surface area contributed by atoms with Crippen LogP contribution in [0, 0.1) is 0 Å². The Hall–Kier alpha value is -3.15. The molecule has 1 aliphatic rings. The van der Waals surface area contributed by atoms with Crippen LogP contribution in [0.25, 0.3) is 11.1 Å². The average molecular weight is 445 g/mol. The summed E-state index contributed by atoms with van der Waals surface area (Å²) in [6.07, 6.45) is 3.79. The number of nitrogens with one attached hydrogen (secondary N) is 1. The highest BCUT2D eigenvalue weighted by Gasteiger charge is 2.19. The number of benzene rings is 3. The first-order valence-corrected chi connectivity index (χ1v) is 11.8. The molecule has 0 amide bonds. The van der Waals surface area contributed by atoms with E-state index in [2.05, 4.69) is 34.5 Å². The van der Waals surface area contributed by atoms with Gasteiger partial charge in [0.15, 0.2) is 0 Å². The second-order valence-electron chi connectivity index (χ2n) is 8.66. The second-order valence-corrected chi connectivity index (χ2v) is 8.66. The molecule has 1 heterocycles. The zero-order valence-electron chi connectivity index (χ0n) is 18.9. The maximum atomic E-state index is 11.8. The molecular formula is C28H32N2O3. The molecule has 172 valence electrons. The number of aromatic carboxylic acids is 1. The van der Waals surface area contributed by atoms with E-state index in [4.69, 9.17) is 0 Å². The Kier molecular flexibility index (Phi) is 7.76. The largest absolute Gasteiger partial charge is 0.478 e. The van der Waals surface area contributed by atoms with Crippen molar-refractivity contribution in [3.05, 3.63) is 89.5 Å². The van der Waals surface area contributed by atoms with Gasteiger partial charge in [-0.1, -0.05) is 60.7 Å². The Morgan fingerprint density at radius 3 is 2.30 bits per heavy atom. The molecule has 4 rings (SSSR count). The molecule has 0 aliphatic carbocycles. The number of nitrogens with zero attached hydrogens (tertiary/aromatic N) is 1. The van der Waals surface area contributed by atoms with Crippen molar-refractivity contribution in [2.75, 3.05) is 31.1 Å². The van der Waals surface area contributed by atoms with Gasteiger partial charge in [-0.25, -0.2) is 4.79 Å². The van der Waals surface area contributed by atoms with Gasteiger partial charge in [0, 0.05) is 19.6 Å². The van der Waals surface area contributed by atoms with Crippen LogP contribution in [0.4, 0.5) is 5.69 Å². The molecular weight excluding hydrogens is 412 g/mol. The fourth-order valence-corrected chi connectivity index (χ4v) is 4.42. The van der Waals surface area contributed by atoms with Crippen LogP contribution in [0.15, 0.2) is 72.8 Å². The maximum absolute atomic E-state index is 11.8. The van der Waals surface area contributed by atoms with Crippen LogP contribution in [0.3, 0.4) is 0 Å². The molecule has 5 nitrogen and oxygen atoms in total. The molecule has 1 atom stereocenters. The molecule has 0 aromatic heterocycles. The minimum absolute atomic E-state index is 0.376. The Bertz CT molecular complexity index is 1040. The van der Waals surface area contributed by atoms with Crippen LogP contribution in [-0.2, 0) is 6.42 Å². The lowest BCUT2D eigenvalue weighted by atomic mass is 9.99. The molecule has 3 aromatic rings. The van der Waals surface area contributed by atoms with Crippen LogP contribution in [0.2, 0.25) is 0 Å². The number of hydrogen-bond donors (Lipinski definition) is 3. The topological polar surface area (TPSA) is 72.8 Å². The molecule has 33 heavy (non-hydrogen) atoms. The van der Waals surface area contributed by atoms with E-state index >= 15 is 0 Å². The predicted octanol–water partition coefficient (Wildman–Crippen LogP) is 4.91. The fourth-order valence-electron chi connectivity index (χ4n) is 4.42. The lowest BCUT2D eigenvalue weighted by molar-refractivity contribution is 0.0697. The van der Waals surface area contributed by atoms with Crippen molar-refractivity contribution < 1.29 is 15.0 Å². The SMILES string of the molecule is O=C(O)c1ccc(-c2ccc(CCNC[C@@H](O)c3ccccc3)cc2)cc1N1CCCCC1. The highest BCUT2D eigenvalue weighted by molar-refractivity contribution is 5.95. The number of aliphatic hydroxyl groups excluding tert-OH is 1. The van der Waals surface area contributed by atoms with Crippen molar-refractivity contribution in [2.24, 2.45) is 0 Å². The third-order valence-electron chi connectivity index (χ3n) is 6.32. The van der Waals surface area contributed by atoms with Crippen LogP contribution < -0.4 is 10.2 Å². The van der Waals surface area contributed by atoms with Crippen LogP contribution in [0.5, 0.6) is 0 Å². The molecule has 3 N–H and O–H groups in total. The van der Waals surface area contributed by atoms with E-state index in [1.807, 2.05) is 42.5 Å². The van der Waals surface area contributed by atoms with E-state index in [9.17, 15) is 15.0 Å². The Morgan fingerprint density at radius 2 is 1.61 bits per heavy atom. The first kappa shape index (κ1) is 23.0. The summed E-state index contributed by atoms with van der Waals surface area (Å²) < 4.78 is 0. The van der Waals surface area contributed by atoms with Crippen molar-refractivity contribution in [2.45, 2.75) is 31.8 Å². The minimum atomic E-state index is -0.873. The molecule has 0 saturated carbocycles. The summed E-state index contributed by atoms with van der Waals surface area (Å²) in [5, 5.41) is 23.2. The smallest absolute Gasteiger partial charge is 0.337 e. The predicted molar refractivity (Wildman–Crippen MR) is 133 cm³/mol. The number of carbonyl (C=O) groups is 1. The molecule has 1 aliphatic heterocycles. The van der Waals surface area contributed by atoms with E-state index < -0.39 is 12.1 Å². The Labute approximate surface area is 195 Å². The van der Waals surface area contributed by atoms with Crippen LogP contribution in [0.1, 0.15) is 46.9 Å². The first-order chi connectivity index (χ1) is 16.1. The molecule has 0 radical (unpaired) electrons. The summed E-state index contributed by atoms with van der Waals surface area (Å²) >= 11 is 0.